The summed E-state index contributed by atoms with van der Waals surface area (Å²) in [6, 6.07) is 3.12. The molecular formula is C22H28N2O4. The second kappa shape index (κ2) is 9.66. The van der Waals surface area contributed by atoms with Crippen molar-refractivity contribution in [2.75, 3.05) is 19.8 Å². The number of aliphatic hydroxyl groups excluding tert-OH is 1. The van der Waals surface area contributed by atoms with Gasteiger partial charge in [-0.1, -0.05) is 37.0 Å². The van der Waals surface area contributed by atoms with E-state index < -0.39 is 6.04 Å². The number of hydrogen-bond acceptors (Lipinski definition) is 5. The molecule has 2 aliphatic rings. The van der Waals surface area contributed by atoms with Crippen molar-refractivity contribution in [2.24, 2.45) is 11.8 Å². The summed E-state index contributed by atoms with van der Waals surface area (Å²) >= 11 is 0. The van der Waals surface area contributed by atoms with Crippen molar-refractivity contribution in [3.05, 3.63) is 60.9 Å². The van der Waals surface area contributed by atoms with Crippen LogP contribution >= 0.6 is 0 Å². The van der Waals surface area contributed by atoms with Gasteiger partial charge in [0.05, 0.1) is 25.9 Å². The number of carbonyl (C=O) groups is 1. The molecule has 1 aliphatic carbocycles. The van der Waals surface area contributed by atoms with Crippen LogP contribution in [-0.2, 0) is 9.53 Å². The molecule has 1 aromatic heterocycles. The maximum atomic E-state index is 12.5. The molecule has 1 saturated carbocycles. The standard InChI is InChI=1S/C22H28N2O4/c1-3-4-5-15(2)18-12-19(18)22(26)24-20(14-25)16-6-7-21(23-13-16)28-17-8-10-27-11-9-17/h3-7,13,17-20,25H,1-2,8-12,14H2,(H,24,26)/b5-4-/t18-,19+,20+/m1/s1. The lowest BCUT2D eigenvalue weighted by atomic mass is 10.1. The molecule has 1 aliphatic heterocycles. The molecule has 6 heteroatoms. The molecule has 1 saturated heterocycles. The third-order valence-corrected chi connectivity index (χ3v) is 5.17. The van der Waals surface area contributed by atoms with Gasteiger partial charge in [0.2, 0.25) is 11.8 Å². The van der Waals surface area contributed by atoms with Gasteiger partial charge < -0.3 is 19.9 Å². The van der Waals surface area contributed by atoms with Crippen LogP contribution in [0, 0.1) is 11.8 Å². The Balaban J connectivity index is 1.53. The minimum absolute atomic E-state index is 0.0697. The van der Waals surface area contributed by atoms with E-state index in [2.05, 4.69) is 23.5 Å². The van der Waals surface area contributed by atoms with Crippen LogP contribution in [0.5, 0.6) is 5.88 Å². The van der Waals surface area contributed by atoms with Gasteiger partial charge in [0.15, 0.2) is 0 Å². The van der Waals surface area contributed by atoms with Crippen LogP contribution < -0.4 is 10.1 Å². The lowest BCUT2D eigenvalue weighted by Crippen LogP contribution is -2.32. The Bertz CT molecular complexity index is 723. The van der Waals surface area contributed by atoms with Crippen molar-refractivity contribution in [3.63, 3.8) is 0 Å². The van der Waals surface area contributed by atoms with Gasteiger partial charge in [0.1, 0.15) is 6.10 Å². The minimum atomic E-state index is -0.490. The van der Waals surface area contributed by atoms with Crippen LogP contribution in [0.25, 0.3) is 0 Å². The third-order valence-electron chi connectivity index (χ3n) is 5.17. The molecule has 3 rings (SSSR count). The van der Waals surface area contributed by atoms with E-state index >= 15 is 0 Å². The van der Waals surface area contributed by atoms with Gasteiger partial charge in [0.25, 0.3) is 0 Å². The van der Waals surface area contributed by atoms with Gasteiger partial charge in [-0.05, 0) is 24.0 Å². The fraction of sp³-hybridized carbons (Fsp3) is 0.455. The number of nitrogens with one attached hydrogen (secondary N) is 1. The fourth-order valence-electron chi connectivity index (χ4n) is 3.36. The molecule has 1 aromatic rings. The molecule has 6 nitrogen and oxygen atoms in total. The molecule has 0 radical (unpaired) electrons. The van der Waals surface area contributed by atoms with Crippen molar-refractivity contribution in [2.45, 2.75) is 31.4 Å². The summed E-state index contributed by atoms with van der Waals surface area (Å²) < 4.78 is 11.2. The molecular weight excluding hydrogens is 356 g/mol. The first-order valence-electron chi connectivity index (χ1n) is 9.72. The zero-order chi connectivity index (χ0) is 19.9. The average Bonchev–Trinajstić information content (AvgIpc) is 3.53. The normalized spacial score (nSPS) is 23.2. The van der Waals surface area contributed by atoms with Gasteiger partial charge in [-0.25, -0.2) is 4.98 Å². The smallest absolute Gasteiger partial charge is 0.224 e. The number of aromatic nitrogens is 1. The largest absolute Gasteiger partial charge is 0.474 e. The van der Waals surface area contributed by atoms with Crippen LogP contribution in [0.2, 0.25) is 0 Å². The Hall–Kier alpha value is -2.44. The van der Waals surface area contributed by atoms with Gasteiger partial charge in [-0.2, -0.15) is 0 Å². The number of ether oxygens (including phenoxy) is 2. The summed E-state index contributed by atoms with van der Waals surface area (Å²) in [5.41, 5.74) is 1.68. The Labute approximate surface area is 166 Å². The SMILES string of the molecule is C=C/C=C\C(=C)[C@H]1C[C@@H]1C(=O)N[C@@H](CO)c1ccc(OC2CCOCC2)nc1. The minimum Gasteiger partial charge on any atom is -0.474 e. The van der Waals surface area contributed by atoms with E-state index in [0.717, 1.165) is 30.4 Å². The van der Waals surface area contributed by atoms with Crippen LogP contribution in [0.4, 0.5) is 0 Å². The number of hydrogen-bond donors (Lipinski definition) is 2. The molecule has 0 unspecified atom stereocenters. The van der Waals surface area contributed by atoms with E-state index in [1.807, 2.05) is 18.2 Å². The molecule has 3 atom stereocenters. The summed E-state index contributed by atoms with van der Waals surface area (Å²) in [4.78, 5) is 16.8. The number of carbonyl (C=O) groups excluding carboxylic acids is 1. The first-order chi connectivity index (χ1) is 13.6. The molecule has 2 fully saturated rings. The van der Waals surface area contributed by atoms with E-state index in [9.17, 15) is 9.90 Å². The van der Waals surface area contributed by atoms with Crippen molar-refractivity contribution in [3.8, 4) is 5.88 Å². The van der Waals surface area contributed by atoms with Gasteiger partial charge in [-0.3, -0.25) is 4.79 Å². The Kier molecular flexibility index (Phi) is 7.01. The van der Waals surface area contributed by atoms with Crippen LogP contribution in [0.15, 0.2) is 55.3 Å². The quantitative estimate of drug-likeness (QED) is 0.640. The maximum Gasteiger partial charge on any atom is 0.224 e. The first-order valence-corrected chi connectivity index (χ1v) is 9.72. The van der Waals surface area contributed by atoms with E-state index in [4.69, 9.17) is 9.47 Å². The van der Waals surface area contributed by atoms with Crippen molar-refractivity contribution in [1.82, 2.24) is 10.3 Å². The van der Waals surface area contributed by atoms with E-state index in [0.29, 0.717) is 19.1 Å². The summed E-state index contributed by atoms with van der Waals surface area (Å²) in [6.45, 7) is 8.86. The summed E-state index contributed by atoms with van der Waals surface area (Å²) in [7, 11) is 0. The summed E-state index contributed by atoms with van der Waals surface area (Å²) in [6.07, 6.45) is 9.65. The number of pyridine rings is 1. The lowest BCUT2D eigenvalue weighted by Gasteiger charge is -2.23. The average molecular weight is 384 g/mol. The predicted molar refractivity (Wildman–Crippen MR) is 107 cm³/mol. The Morgan fingerprint density at radius 1 is 1.39 bits per heavy atom. The van der Waals surface area contributed by atoms with E-state index in [1.165, 1.54) is 0 Å². The highest BCUT2D eigenvalue weighted by Crippen LogP contribution is 2.44. The highest BCUT2D eigenvalue weighted by atomic mass is 16.5. The zero-order valence-electron chi connectivity index (χ0n) is 16.0. The number of allylic oxidation sites excluding steroid dienone is 4. The molecule has 0 bridgehead atoms. The highest BCUT2D eigenvalue weighted by Gasteiger charge is 2.44. The third kappa shape index (κ3) is 5.30. The molecule has 150 valence electrons. The van der Waals surface area contributed by atoms with Gasteiger partial charge >= 0.3 is 0 Å². The first kappa shape index (κ1) is 20.3. The number of aliphatic hydroxyl groups is 1. The van der Waals surface area contributed by atoms with Gasteiger partial charge in [0, 0.05) is 31.0 Å². The fourth-order valence-corrected chi connectivity index (χ4v) is 3.36. The second-order valence-corrected chi connectivity index (χ2v) is 7.22. The summed E-state index contributed by atoms with van der Waals surface area (Å²) in [5, 5.41) is 12.6. The molecule has 2 N–H and O–H groups in total. The number of nitrogens with zero attached hydrogens (tertiary/aromatic N) is 1. The Morgan fingerprint density at radius 3 is 2.82 bits per heavy atom. The highest BCUT2D eigenvalue weighted by molar-refractivity contribution is 5.82. The second-order valence-electron chi connectivity index (χ2n) is 7.22. The predicted octanol–water partition coefficient (Wildman–Crippen LogP) is 2.72. The monoisotopic (exact) mass is 384 g/mol. The maximum absolute atomic E-state index is 12.5. The lowest BCUT2D eigenvalue weighted by molar-refractivity contribution is -0.123. The van der Waals surface area contributed by atoms with Crippen LogP contribution in [-0.4, -0.2) is 41.9 Å². The molecule has 2 heterocycles. The van der Waals surface area contributed by atoms with E-state index in [1.54, 1.807) is 18.3 Å². The molecule has 1 amide bonds. The van der Waals surface area contributed by atoms with Gasteiger partial charge in [-0.15, -0.1) is 0 Å². The topological polar surface area (TPSA) is 80.7 Å². The molecule has 0 spiro atoms. The number of amides is 1. The zero-order valence-corrected chi connectivity index (χ0v) is 16.0. The van der Waals surface area contributed by atoms with E-state index in [-0.39, 0.29) is 30.5 Å². The van der Waals surface area contributed by atoms with Crippen LogP contribution in [0.1, 0.15) is 30.9 Å². The Morgan fingerprint density at radius 2 is 2.18 bits per heavy atom. The molecule has 0 aromatic carbocycles. The number of rotatable bonds is 9. The van der Waals surface area contributed by atoms with Crippen LogP contribution in [0.3, 0.4) is 0 Å². The molecule has 28 heavy (non-hydrogen) atoms. The van der Waals surface area contributed by atoms with Crippen molar-refractivity contribution >= 4 is 5.91 Å². The van der Waals surface area contributed by atoms with Crippen molar-refractivity contribution < 1.29 is 19.4 Å². The summed E-state index contributed by atoms with van der Waals surface area (Å²) in [5.74, 6) is 0.537. The van der Waals surface area contributed by atoms with Crippen molar-refractivity contribution in [1.29, 1.82) is 0 Å².